The minimum atomic E-state index is 0.0529. The van der Waals surface area contributed by atoms with Crippen LogP contribution in [0.2, 0.25) is 0 Å². The number of methoxy groups -OCH3 is 1. The fraction of sp³-hybridized carbons (Fsp3) is 0.367. The lowest BCUT2D eigenvalue weighted by Crippen LogP contribution is -2.49. The molecule has 1 aliphatic heterocycles. The third-order valence-corrected chi connectivity index (χ3v) is 7.16. The Balaban J connectivity index is 1.46. The lowest BCUT2D eigenvalue weighted by molar-refractivity contribution is 0.0746. The van der Waals surface area contributed by atoms with E-state index < -0.39 is 0 Å². The number of amides is 1. The monoisotopic (exact) mass is 472 g/mol. The van der Waals surface area contributed by atoms with Crippen LogP contribution in [0, 0.1) is 34.6 Å². The van der Waals surface area contributed by atoms with Gasteiger partial charge in [0.05, 0.1) is 7.11 Å². The zero-order valence-electron chi connectivity index (χ0n) is 21.8. The van der Waals surface area contributed by atoms with Crippen molar-refractivity contribution in [3.63, 3.8) is 0 Å². The summed E-state index contributed by atoms with van der Waals surface area (Å²) in [7, 11) is 1.65. The van der Waals surface area contributed by atoms with Gasteiger partial charge in [-0.3, -0.25) is 4.79 Å². The SMILES string of the molecule is COc1ccc(C(=O)N2CCN(c3cccc(C)c3C)CC2)cc1COc1cc(C)cc(C)c1C. The van der Waals surface area contributed by atoms with Crippen LogP contribution < -0.4 is 14.4 Å². The molecule has 35 heavy (non-hydrogen) atoms. The normalized spacial score (nSPS) is 13.7. The lowest BCUT2D eigenvalue weighted by Gasteiger charge is -2.37. The first-order valence-electron chi connectivity index (χ1n) is 12.3. The maximum absolute atomic E-state index is 13.4. The molecule has 3 aromatic carbocycles. The van der Waals surface area contributed by atoms with Gasteiger partial charge in [-0.1, -0.05) is 18.2 Å². The van der Waals surface area contributed by atoms with Crippen molar-refractivity contribution in [2.24, 2.45) is 0 Å². The zero-order chi connectivity index (χ0) is 25.1. The smallest absolute Gasteiger partial charge is 0.253 e. The Morgan fingerprint density at radius 1 is 0.829 bits per heavy atom. The van der Waals surface area contributed by atoms with Crippen molar-refractivity contribution >= 4 is 11.6 Å². The van der Waals surface area contributed by atoms with Gasteiger partial charge in [0, 0.05) is 43.0 Å². The largest absolute Gasteiger partial charge is 0.496 e. The summed E-state index contributed by atoms with van der Waals surface area (Å²) in [5.74, 6) is 1.64. The molecular formula is C30H36N2O3. The van der Waals surface area contributed by atoms with Gasteiger partial charge in [-0.05, 0) is 92.8 Å². The minimum Gasteiger partial charge on any atom is -0.496 e. The second-order valence-electron chi connectivity index (χ2n) is 9.52. The van der Waals surface area contributed by atoms with E-state index in [0.717, 1.165) is 35.7 Å². The molecule has 4 rings (SSSR count). The van der Waals surface area contributed by atoms with Gasteiger partial charge in [-0.15, -0.1) is 0 Å². The summed E-state index contributed by atoms with van der Waals surface area (Å²) >= 11 is 0. The Labute approximate surface area is 209 Å². The highest BCUT2D eigenvalue weighted by atomic mass is 16.5. The van der Waals surface area contributed by atoms with Gasteiger partial charge in [0.1, 0.15) is 18.1 Å². The molecule has 184 valence electrons. The van der Waals surface area contributed by atoms with E-state index in [0.29, 0.717) is 25.3 Å². The first-order valence-corrected chi connectivity index (χ1v) is 12.3. The van der Waals surface area contributed by atoms with Crippen molar-refractivity contribution < 1.29 is 14.3 Å². The second-order valence-corrected chi connectivity index (χ2v) is 9.52. The third kappa shape index (κ3) is 5.29. The van der Waals surface area contributed by atoms with Gasteiger partial charge in [0.15, 0.2) is 0 Å². The Morgan fingerprint density at radius 2 is 1.57 bits per heavy atom. The fourth-order valence-corrected chi connectivity index (χ4v) is 4.74. The summed E-state index contributed by atoms with van der Waals surface area (Å²) in [6.45, 7) is 13.9. The summed E-state index contributed by atoms with van der Waals surface area (Å²) in [4.78, 5) is 17.7. The summed E-state index contributed by atoms with van der Waals surface area (Å²) in [6.07, 6.45) is 0. The molecular weight excluding hydrogens is 436 g/mol. The summed E-state index contributed by atoms with van der Waals surface area (Å²) in [5, 5.41) is 0. The van der Waals surface area contributed by atoms with Crippen LogP contribution in [-0.4, -0.2) is 44.1 Å². The average molecular weight is 473 g/mol. The average Bonchev–Trinajstić information content (AvgIpc) is 2.86. The van der Waals surface area contributed by atoms with Crippen molar-refractivity contribution in [3.05, 3.63) is 87.5 Å². The van der Waals surface area contributed by atoms with Crippen LogP contribution in [-0.2, 0) is 6.61 Å². The molecule has 3 aromatic rings. The molecule has 1 heterocycles. The van der Waals surface area contributed by atoms with Crippen LogP contribution >= 0.6 is 0 Å². The van der Waals surface area contributed by atoms with Crippen LogP contribution in [0.15, 0.2) is 48.5 Å². The molecule has 1 aliphatic rings. The molecule has 0 aromatic heterocycles. The fourth-order valence-electron chi connectivity index (χ4n) is 4.74. The summed E-state index contributed by atoms with van der Waals surface area (Å²) in [5.41, 5.74) is 8.91. The van der Waals surface area contributed by atoms with Crippen molar-refractivity contribution in [2.45, 2.75) is 41.2 Å². The third-order valence-electron chi connectivity index (χ3n) is 7.16. The highest BCUT2D eigenvalue weighted by Gasteiger charge is 2.24. The number of rotatable bonds is 6. The molecule has 0 atom stereocenters. The Hall–Kier alpha value is -3.47. The molecule has 1 amide bonds. The molecule has 0 N–H and O–H groups in total. The summed E-state index contributed by atoms with van der Waals surface area (Å²) < 4.78 is 11.7. The number of hydrogen-bond acceptors (Lipinski definition) is 4. The van der Waals surface area contributed by atoms with E-state index in [2.05, 4.69) is 69.9 Å². The van der Waals surface area contributed by atoms with E-state index >= 15 is 0 Å². The van der Waals surface area contributed by atoms with Crippen molar-refractivity contribution in [1.82, 2.24) is 4.90 Å². The predicted octanol–water partition coefficient (Wildman–Crippen LogP) is 5.78. The van der Waals surface area contributed by atoms with Gasteiger partial charge >= 0.3 is 0 Å². The van der Waals surface area contributed by atoms with Crippen LogP contribution in [0.1, 0.15) is 43.7 Å². The van der Waals surface area contributed by atoms with E-state index in [-0.39, 0.29) is 5.91 Å². The van der Waals surface area contributed by atoms with Gasteiger partial charge in [-0.25, -0.2) is 0 Å². The van der Waals surface area contributed by atoms with Crippen LogP contribution in [0.5, 0.6) is 11.5 Å². The number of piperazine rings is 1. The summed E-state index contributed by atoms with van der Waals surface area (Å²) in [6, 6.07) is 16.3. The second kappa shape index (κ2) is 10.4. The highest BCUT2D eigenvalue weighted by Crippen LogP contribution is 2.28. The minimum absolute atomic E-state index is 0.0529. The van der Waals surface area contributed by atoms with Crippen LogP contribution in [0.25, 0.3) is 0 Å². The van der Waals surface area contributed by atoms with Gasteiger partial charge in [0.2, 0.25) is 0 Å². The topological polar surface area (TPSA) is 42.0 Å². The highest BCUT2D eigenvalue weighted by molar-refractivity contribution is 5.94. The zero-order valence-corrected chi connectivity index (χ0v) is 21.8. The van der Waals surface area contributed by atoms with Crippen molar-refractivity contribution in [1.29, 1.82) is 0 Å². The van der Waals surface area contributed by atoms with E-state index in [1.807, 2.05) is 23.1 Å². The number of anilines is 1. The lowest BCUT2D eigenvalue weighted by atomic mass is 10.1. The van der Waals surface area contributed by atoms with E-state index in [1.54, 1.807) is 7.11 Å². The van der Waals surface area contributed by atoms with Crippen LogP contribution in [0.4, 0.5) is 5.69 Å². The standard InChI is InChI=1S/C30H36N2O3/c1-20-16-22(3)24(5)29(17-20)35-19-26-18-25(10-11-28(26)34-6)30(33)32-14-12-31(13-15-32)27-9-7-8-21(2)23(27)4/h7-11,16-18H,12-15,19H2,1-6H3. The maximum Gasteiger partial charge on any atom is 0.253 e. The number of nitrogens with zero attached hydrogens (tertiary/aromatic N) is 2. The number of benzene rings is 3. The van der Waals surface area contributed by atoms with E-state index in [1.165, 1.54) is 27.9 Å². The maximum atomic E-state index is 13.4. The Bertz CT molecular complexity index is 1230. The number of carbonyl (C=O) groups excluding carboxylic acids is 1. The number of aryl methyl sites for hydroxylation is 3. The number of carbonyl (C=O) groups is 1. The molecule has 0 saturated carbocycles. The molecule has 0 spiro atoms. The quantitative estimate of drug-likeness (QED) is 0.456. The predicted molar refractivity (Wildman–Crippen MR) is 142 cm³/mol. The molecule has 0 aliphatic carbocycles. The first-order chi connectivity index (χ1) is 16.8. The van der Waals surface area contributed by atoms with Crippen LogP contribution in [0.3, 0.4) is 0 Å². The molecule has 1 saturated heterocycles. The van der Waals surface area contributed by atoms with E-state index in [4.69, 9.17) is 9.47 Å². The molecule has 5 heteroatoms. The molecule has 0 unspecified atom stereocenters. The van der Waals surface area contributed by atoms with Crippen molar-refractivity contribution in [2.75, 3.05) is 38.2 Å². The molecule has 1 fully saturated rings. The van der Waals surface area contributed by atoms with Gasteiger partial charge < -0.3 is 19.3 Å². The van der Waals surface area contributed by atoms with Gasteiger partial charge in [0.25, 0.3) is 5.91 Å². The Morgan fingerprint density at radius 3 is 2.29 bits per heavy atom. The van der Waals surface area contributed by atoms with Gasteiger partial charge in [-0.2, -0.15) is 0 Å². The number of hydrogen-bond donors (Lipinski definition) is 0. The number of ether oxygens (including phenoxy) is 2. The van der Waals surface area contributed by atoms with E-state index in [9.17, 15) is 4.79 Å². The first kappa shape index (κ1) is 24.6. The molecule has 0 bridgehead atoms. The van der Waals surface area contributed by atoms with Crippen molar-refractivity contribution in [3.8, 4) is 11.5 Å². The molecule has 0 radical (unpaired) electrons. The molecule has 5 nitrogen and oxygen atoms in total. The Kier molecular flexibility index (Phi) is 7.34.